The molecule has 2 amide bonds. The van der Waals surface area contributed by atoms with Crippen LogP contribution in [-0.4, -0.2) is 66.7 Å². The Balaban J connectivity index is 1.69. The van der Waals surface area contributed by atoms with Gasteiger partial charge in [0.25, 0.3) is 0 Å². The molecule has 1 aliphatic heterocycles. The fourth-order valence-electron chi connectivity index (χ4n) is 2.85. The van der Waals surface area contributed by atoms with Gasteiger partial charge in [-0.2, -0.15) is 0 Å². The molecule has 0 radical (unpaired) electrons. The maximum absolute atomic E-state index is 12.0. The largest absolute Gasteiger partial charge is 0.481 e. The van der Waals surface area contributed by atoms with Crippen LogP contribution in [0.2, 0.25) is 0 Å². The molecule has 0 unspecified atom stereocenters. The number of hydrogen-bond donors (Lipinski definition) is 2. The molecule has 1 aliphatic carbocycles. The van der Waals surface area contributed by atoms with Gasteiger partial charge in [0.1, 0.15) is 0 Å². The number of carbonyl (C=O) groups is 2. The van der Waals surface area contributed by atoms with Crippen molar-refractivity contribution < 1.29 is 14.7 Å². The number of likely N-dealkylation sites (N-methyl/N-ethyl adjacent to an activating group) is 1. The molecule has 2 fully saturated rings. The molecule has 6 heteroatoms. The molecule has 1 saturated heterocycles. The fraction of sp³-hybridized carbons (Fsp3) is 0.857. The van der Waals surface area contributed by atoms with E-state index < -0.39 is 11.4 Å². The number of carboxylic acid groups (broad SMARTS) is 1. The van der Waals surface area contributed by atoms with Gasteiger partial charge in [-0.05, 0) is 38.8 Å². The summed E-state index contributed by atoms with van der Waals surface area (Å²) >= 11 is 0. The SMILES string of the molecule is CN(CCN1CCCC1)C(=O)NCC1(C(=O)O)CCC1. The number of urea groups is 1. The molecule has 0 aromatic carbocycles. The number of nitrogens with one attached hydrogen (secondary N) is 1. The summed E-state index contributed by atoms with van der Waals surface area (Å²) in [6.45, 7) is 4.07. The number of aliphatic carboxylic acids is 1. The standard InChI is InChI=1S/C14H25N3O3/c1-16(9-10-17-7-2-3-8-17)13(20)15-11-14(12(18)19)5-4-6-14/h2-11H2,1H3,(H,15,20)(H,18,19). The van der Waals surface area contributed by atoms with Crippen LogP contribution in [0.15, 0.2) is 0 Å². The predicted octanol–water partition coefficient (Wildman–Crippen LogP) is 0.978. The summed E-state index contributed by atoms with van der Waals surface area (Å²) in [5.41, 5.74) is -0.717. The molecule has 0 aromatic heterocycles. The molecule has 114 valence electrons. The second-order valence-corrected chi connectivity index (χ2v) is 6.07. The van der Waals surface area contributed by atoms with Crippen LogP contribution in [0.3, 0.4) is 0 Å². The Morgan fingerprint density at radius 1 is 1.25 bits per heavy atom. The van der Waals surface area contributed by atoms with Crippen molar-refractivity contribution in [1.82, 2.24) is 15.1 Å². The summed E-state index contributed by atoms with van der Waals surface area (Å²) in [4.78, 5) is 27.2. The lowest BCUT2D eigenvalue weighted by molar-refractivity contribution is -0.153. The zero-order valence-corrected chi connectivity index (χ0v) is 12.2. The number of nitrogens with zero attached hydrogens (tertiary/aromatic N) is 2. The van der Waals surface area contributed by atoms with Gasteiger partial charge in [0.15, 0.2) is 0 Å². The van der Waals surface area contributed by atoms with Gasteiger partial charge in [-0.15, -0.1) is 0 Å². The third kappa shape index (κ3) is 3.42. The lowest BCUT2D eigenvalue weighted by Gasteiger charge is -2.38. The average Bonchev–Trinajstić information content (AvgIpc) is 2.86. The van der Waals surface area contributed by atoms with E-state index in [1.165, 1.54) is 12.8 Å². The van der Waals surface area contributed by atoms with Gasteiger partial charge in [-0.3, -0.25) is 4.79 Å². The minimum Gasteiger partial charge on any atom is -0.481 e. The zero-order chi connectivity index (χ0) is 14.6. The van der Waals surface area contributed by atoms with Crippen molar-refractivity contribution in [3.63, 3.8) is 0 Å². The highest BCUT2D eigenvalue weighted by atomic mass is 16.4. The van der Waals surface area contributed by atoms with Crippen molar-refractivity contribution in [2.24, 2.45) is 5.41 Å². The van der Waals surface area contributed by atoms with E-state index >= 15 is 0 Å². The summed E-state index contributed by atoms with van der Waals surface area (Å²) < 4.78 is 0. The highest BCUT2D eigenvalue weighted by Crippen LogP contribution is 2.40. The van der Waals surface area contributed by atoms with Crippen molar-refractivity contribution in [3.05, 3.63) is 0 Å². The summed E-state index contributed by atoms with van der Waals surface area (Å²) in [6.07, 6.45) is 4.77. The van der Waals surface area contributed by atoms with Crippen molar-refractivity contribution in [3.8, 4) is 0 Å². The van der Waals surface area contributed by atoms with E-state index in [1.54, 1.807) is 11.9 Å². The number of carbonyl (C=O) groups excluding carboxylic acids is 1. The fourth-order valence-corrected chi connectivity index (χ4v) is 2.85. The quantitative estimate of drug-likeness (QED) is 0.762. The van der Waals surface area contributed by atoms with Crippen LogP contribution in [-0.2, 0) is 4.79 Å². The molecule has 2 N–H and O–H groups in total. The number of amides is 2. The van der Waals surface area contributed by atoms with Crippen LogP contribution in [0.1, 0.15) is 32.1 Å². The summed E-state index contributed by atoms with van der Waals surface area (Å²) in [7, 11) is 1.76. The van der Waals surface area contributed by atoms with Gasteiger partial charge in [0.05, 0.1) is 5.41 Å². The molecule has 0 atom stereocenters. The molecule has 2 aliphatic rings. The van der Waals surface area contributed by atoms with E-state index in [-0.39, 0.29) is 12.6 Å². The molecule has 2 rings (SSSR count). The highest BCUT2D eigenvalue weighted by Gasteiger charge is 2.44. The Morgan fingerprint density at radius 2 is 1.90 bits per heavy atom. The Bertz CT molecular complexity index is 363. The lowest BCUT2D eigenvalue weighted by atomic mass is 9.69. The topological polar surface area (TPSA) is 72.9 Å². The van der Waals surface area contributed by atoms with E-state index in [0.717, 1.165) is 26.1 Å². The molecule has 0 aromatic rings. The molecule has 0 spiro atoms. The monoisotopic (exact) mass is 283 g/mol. The van der Waals surface area contributed by atoms with Gasteiger partial charge < -0.3 is 20.2 Å². The molecule has 1 saturated carbocycles. The van der Waals surface area contributed by atoms with Crippen LogP contribution in [0, 0.1) is 5.41 Å². The summed E-state index contributed by atoms with van der Waals surface area (Å²) in [5.74, 6) is -0.788. The van der Waals surface area contributed by atoms with E-state index in [2.05, 4.69) is 10.2 Å². The van der Waals surface area contributed by atoms with E-state index in [1.807, 2.05) is 0 Å². The van der Waals surface area contributed by atoms with Crippen molar-refractivity contribution in [2.75, 3.05) is 39.8 Å². The second-order valence-electron chi connectivity index (χ2n) is 6.07. The van der Waals surface area contributed by atoms with Gasteiger partial charge >= 0.3 is 12.0 Å². The third-order valence-electron chi connectivity index (χ3n) is 4.64. The van der Waals surface area contributed by atoms with E-state index in [0.29, 0.717) is 19.4 Å². The van der Waals surface area contributed by atoms with Gasteiger partial charge in [0.2, 0.25) is 0 Å². The third-order valence-corrected chi connectivity index (χ3v) is 4.64. The smallest absolute Gasteiger partial charge is 0.317 e. The van der Waals surface area contributed by atoms with E-state index in [9.17, 15) is 14.7 Å². The van der Waals surface area contributed by atoms with E-state index in [4.69, 9.17) is 0 Å². The zero-order valence-electron chi connectivity index (χ0n) is 12.2. The lowest BCUT2D eigenvalue weighted by Crippen LogP contribution is -2.50. The Hall–Kier alpha value is -1.30. The Labute approximate surface area is 120 Å². The second kappa shape index (κ2) is 6.43. The first-order valence-electron chi connectivity index (χ1n) is 7.48. The average molecular weight is 283 g/mol. The summed E-state index contributed by atoms with van der Waals surface area (Å²) in [5, 5.41) is 12.0. The van der Waals surface area contributed by atoms with Crippen LogP contribution < -0.4 is 5.32 Å². The van der Waals surface area contributed by atoms with Gasteiger partial charge in [-0.25, -0.2) is 4.79 Å². The molecular weight excluding hydrogens is 258 g/mol. The molecular formula is C14H25N3O3. The first-order chi connectivity index (χ1) is 9.53. The van der Waals surface area contributed by atoms with Crippen LogP contribution in [0.5, 0.6) is 0 Å². The molecule has 6 nitrogen and oxygen atoms in total. The van der Waals surface area contributed by atoms with Crippen molar-refractivity contribution in [1.29, 1.82) is 0 Å². The number of hydrogen-bond acceptors (Lipinski definition) is 3. The first-order valence-corrected chi connectivity index (χ1v) is 7.48. The Morgan fingerprint density at radius 3 is 2.40 bits per heavy atom. The number of likely N-dealkylation sites (tertiary alicyclic amines) is 1. The number of carboxylic acids is 1. The Kier molecular flexibility index (Phi) is 4.86. The van der Waals surface area contributed by atoms with Crippen molar-refractivity contribution in [2.45, 2.75) is 32.1 Å². The van der Waals surface area contributed by atoms with Gasteiger partial charge in [-0.1, -0.05) is 6.42 Å². The normalized spacial score (nSPS) is 21.2. The molecule has 1 heterocycles. The molecule has 20 heavy (non-hydrogen) atoms. The van der Waals surface area contributed by atoms with Crippen LogP contribution in [0.4, 0.5) is 4.79 Å². The molecule has 0 bridgehead atoms. The van der Waals surface area contributed by atoms with Crippen LogP contribution >= 0.6 is 0 Å². The summed E-state index contributed by atoms with van der Waals surface area (Å²) in [6, 6.07) is -0.170. The van der Waals surface area contributed by atoms with Crippen LogP contribution in [0.25, 0.3) is 0 Å². The maximum atomic E-state index is 12.0. The maximum Gasteiger partial charge on any atom is 0.317 e. The van der Waals surface area contributed by atoms with Crippen molar-refractivity contribution >= 4 is 12.0 Å². The van der Waals surface area contributed by atoms with Gasteiger partial charge in [0, 0.05) is 26.7 Å². The number of rotatable bonds is 6. The minimum absolute atomic E-state index is 0.170. The minimum atomic E-state index is -0.788. The first kappa shape index (κ1) is 15.1. The highest BCUT2D eigenvalue weighted by molar-refractivity contribution is 5.78. The predicted molar refractivity (Wildman–Crippen MR) is 75.6 cm³/mol.